The Morgan fingerprint density at radius 2 is 1.63 bits per heavy atom. The Hall–Kier alpha value is -3.26. The van der Waals surface area contributed by atoms with Crippen LogP contribution in [0.3, 0.4) is 0 Å². The van der Waals surface area contributed by atoms with Crippen LogP contribution in [-0.2, 0) is 10.0 Å². The lowest BCUT2D eigenvalue weighted by atomic mass is 10.1. The van der Waals surface area contributed by atoms with E-state index in [1.54, 1.807) is 56.3 Å². The molecule has 0 aliphatic rings. The molecule has 0 amide bonds. The molecule has 0 saturated heterocycles. The van der Waals surface area contributed by atoms with Crippen LogP contribution in [-0.4, -0.2) is 18.5 Å². The number of hydrogen-bond donors (Lipinski definition) is 2. The normalized spacial score (nSPS) is 11.6. The minimum absolute atomic E-state index is 0.0580. The van der Waals surface area contributed by atoms with E-state index in [1.165, 1.54) is 18.3 Å². The molecule has 0 radical (unpaired) electrons. The Morgan fingerprint density at radius 1 is 0.926 bits per heavy atom. The highest BCUT2D eigenvalue weighted by molar-refractivity contribution is 7.92. The highest BCUT2D eigenvalue weighted by Crippen LogP contribution is 2.29. The highest BCUT2D eigenvalue weighted by Gasteiger charge is 2.15. The maximum Gasteiger partial charge on any atom is 0.263 e. The predicted octanol–water partition coefficient (Wildman–Crippen LogP) is 4.62. The molecule has 0 bridgehead atoms. The fourth-order valence-electron chi connectivity index (χ4n) is 2.44. The van der Waals surface area contributed by atoms with Crippen LogP contribution >= 0.6 is 0 Å². The Kier molecular flexibility index (Phi) is 5.18. The first-order valence-corrected chi connectivity index (χ1v) is 9.59. The molecule has 0 fully saturated rings. The number of sulfonamides is 1. The van der Waals surface area contributed by atoms with Gasteiger partial charge in [0.15, 0.2) is 0 Å². The molecule has 2 aromatic carbocycles. The summed E-state index contributed by atoms with van der Waals surface area (Å²) in [6.07, 6.45) is 1.50. The maximum atomic E-state index is 12.5. The van der Waals surface area contributed by atoms with Crippen LogP contribution in [0.4, 0.5) is 17.2 Å². The minimum atomic E-state index is -3.79. The lowest BCUT2D eigenvalue weighted by molar-refractivity contribution is 0.467. The number of rotatable bonds is 5. The average molecular weight is 382 g/mol. The van der Waals surface area contributed by atoms with E-state index in [4.69, 9.17) is 0 Å². The first-order valence-electron chi connectivity index (χ1n) is 8.11. The lowest BCUT2D eigenvalue weighted by Gasteiger charge is -2.07. The first kappa shape index (κ1) is 18.5. The van der Waals surface area contributed by atoms with Gasteiger partial charge in [-0.2, -0.15) is 10.2 Å². The van der Waals surface area contributed by atoms with Gasteiger partial charge >= 0.3 is 0 Å². The second-order valence-electron chi connectivity index (χ2n) is 5.95. The molecule has 0 atom stereocenters. The third-order valence-corrected chi connectivity index (χ3v) is 5.14. The van der Waals surface area contributed by atoms with E-state index in [0.717, 1.165) is 0 Å². The predicted molar refractivity (Wildman–Crippen MR) is 103 cm³/mol. The first-order chi connectivity index (χ1) is 12.8. The van der Waals surface area contributed by atoms with Gasteiger partial charge in [0.1, 0.15) is 11.6 Å². The van der Waals surface area contributed by atoms with Gasteiger partial charge in [-0.05, 0) is 67.4 Å². The zero-order valence-corrected chi connectivity index (χ0v) is 15.6. The number of hydrogen-bond acceptors (Lipinski definition) is 6. The molecule has 8 heteroatoms. The summed E-state index contributed by atoms with van der Waals surface area (Å²) in [6.45, 7) is 3.55. The Morgan fingerprint density at radius 3 is 2.30 bits per heavy atom. The third-order valence-electron chi connectivity index (χ3n) is 3.79. The molecule has 0 aliphatic carbocycles. The average Bonchev–Trinajstić information content (AvgIpc) is 2.65. The van der Waals surface area contributed by atoms with Crippen molar-refractivity contribution in [1.29, 1.82) is 0 Å². The molecule has 138 valence electrons. The number of aromatic nitrogens is 1. The number of aromatic hydroxyl groups is 1. The van der Waals surface area contributed by atoms with Gasteiger partial charge in [-0.25, -0.2) is 13.4 Å². The topological polar surface area (TPSA) is 104 Å². The van der Waals surface area contributed by atoms with E-state index >= 15 is 0 Å². The highest BCUT2D eigenvalue weighted by atomic mass is 32.2. The zero-order chi connectivity index (χ0) is 19.4. The van der Waals surface area contributed by atoms with Crippen molar-refractivity contribution in [2.75, 3.05) is 4.72 Å². The number of anilines is 1. The van der Waals surface area contributed by atoms with Crippen LogP contribution < -0.4 is 4.72 Å². The lowest BCUT2D eigenvalue weighted by Crippen LogP contribution is -2.13. The summed E-state index contributed by atoms with van der Waals surface area (Å²) >= 11 is 0. The largest absolute Gasteiger partial charge is 0.507 e. The summed E-state index contributed by atoms with van der Waals surface area (Å²) in [5.74, 6) is 0.460. The van der Waals surface area contributed by atoms with E-state index in [0.29, 0.717) is 22.5 Å². The number of pyridine rings is 1. The molecule has 1 heterocycles. The molecule has 3 rings (SSSR count). The quantitative estimate of drug-likeness (QED) is 0.628. The molecule has 0 saturated carbocycles. The summed E-state index contributed by atoms with van der Waals surface area (Å²) in [7, 11) is -3.79. The van der Waals surface area contributed by atoms with Crippen LogP contribution in [0.5, 0.6) is 5.75 Å². The van der Waals surface area contributed by atoms with Crippen LogP contribution in [0, 0.1) is 13.8 Å². The van der Waals surface area contributed by atoms with Gasteiger partial charge < -0.3 is 5.11 Å². The smallest absolute Gasteiger partial charge is 0.263 e. The molecule has 0 spiro atoms. The van der Waals surface area contributed by atoms with Gasteiger partial charge in [-0.1, -0.05) is 12.1 Å². The molecule has 7 nitrogen and oxygen atoms in total. The third kappa shape index (κ3) is 4.48. The summed E-state index contributed by atoms with van der Waals surface area (Å²) in [4.78, 5) is 4.02. The van der Waals surface area contributed by atoms with E-state index < -0.39 is 10.0 Å². The van der Waals surface area contributed by atoms with Crippen molar-refractivity contribution in [3.8, 4) is 5.75 Å². The van der Waals surface area contributed by atoms with Crippen molar-refractivity contribution in [2.24, 2.45) is 10.2 Å². The van der Waals surface area contributed by atoms with E-state index in [9.17, 15) is 13.5 Å². The Balaban J connectivity index is 1.85. The maximum absolute atomic E-state index is 12.5. The number of phenols is 1. The zero-order valence-electron chi connectivity index (χ0n) is 14.8. The van der Waals surface area contributed by atoms with Gasteiger partial charge in [0.05, 0.1) is 16.3 Å². The standard InChI is InChI=1S/C19H18N4O3S/c1-13-10-16(11-14(2)19(13)24)22-21-15-6-5-7-17(12-15)27(25,26)23-18-8-3-4-9-20-18/h3-12,24H,1-2H3,(H,20,23). The molecular formula is C19H18N4O3S. The Labute approximate surface area is 157 Å². The Bertz CT molecular complexity index is 1070. The van der Waals surface area contributed by atoms with Crippen molar-refractivity contribution in [3.05, 3.63) is 71.9 Å². The number of benzene rings is 2. The molecule has 0 unspecified atom stereocenters. The van der Waals surface area contributed by atoms with Crippen molar-refractivity contribution < 1.29 is 13.5 Å². The van der Waals surface area contributed by atoms with Crippen LogP contribution in [0.2, 0.25) is 0 Å². The molecule has 1 aromatic heterocycles. The van der Waals surface area contributed by atoms with Gasteiger partial charge in [0, 0.05) is 6.20 Å². The number of nitrogens with one attached hydrogen (secondary N) is 1. The summed E-state index contributed by atoms with van der Waals surface area (Å²) in [5.41, 5.74) is 2.35. The van der Waals surface area contributed by atoms with Crippen molar-refractivity contribution in [1.82, 2.24) is 4.98 Å². The fourth-order valence-corrected chi connectivity index (χ4v) is 3.49. The van der Waals surface area contributed by atoms with Crippen molar-refractivity contribution >= 4 is 27.2 Å². The number of nitrogens with zero attached hydrogens (tertiary/aromatic N) is 3. The van der Waals surface area contributed by atoms with Gasteiger partial charge in [-0.15, -0.1) is 0 Å². The minimum Gasteiger partial charge on any atom is -0.507 e. The fraction of sp³-hybridized carbons (Fsp3) is 0.105. The number of azo groups is 1. The number of phenolic OH excluding ortho intramolecular Hbond substituents is 1. The second kappa shape index (κ2) is 7.55. The molecule has 3 aromatic rings. The van der Waals surface area contributed by atoms with Gasteiger partial charge in [0.25, 0.3) is 10.0 Å². The molecule has 0 aliphatic heterocycles. The SMILES string of the molecule is Cc1cc(N=Nc2cccc(S(=O)(=O)Nc3ccccn3)c2)cc(C)c1O. The molecular weight excluding hydrogens is 364 g/mol. The number of aryl methyl sites for hydroxylation is 2. The molecule has 2 N–H and O–H groups in total. The van der Waals surface area contributed by atoms with Gasteiger partial charge in [0.2, 0.25) is 0 Å². The van der Waals surface area contributed by atoms with E-state index in [1.807, 2.05) is 0 Å². The van der Waals surface area contributed by atoms with Crippen molar-refractivity contribution in [2.45, 2.75) is 18.7 Å². The summed E-state index contributed by atoms with van der Waals surface area (Å²) in [5, 5.41) is 18.0. The van der Waals surface area contributed by atoms with Crippen LogP contribution in [0.1, 0.15) is 11.1 Å². The van der Waals surface area contributed by atoms with E-state index in [2.05, 4.69) is 19.9 Å². The van der Waals surface area contributed by atoms with Crippen LogP contribution in [0.15, 0.2) is 75.9 Å². The summed E-state index contributed by atoms with van der Waals surface area (Å²) < 4.78 is 27.4. The summed E-state index contributed by atoms with van der Waals surface area (Å²) in [6, 6.07) is 14.5. The van der Waals surface area contributed by atoms with Crippen LogP contribution in [0.25, 0.3) is 0 Å². The monoisotopic (exact) mass is 382 g/mol. The van der Waals surface area contributed by atoms with Gasteiger partial charge in [-0.3, -0.25) is 4.72 Å². The van der Waals surface area contributed by atoms with E-state index in [-0.39, 0.29) is 16.5 Å². The second-order valence-corrected chi connectivity index (χ2v) is 7.63. The molecule has 27 heavy (non-hydrogen) atoms. The van der Waals surface area contributed by atoms with Crippen molar-refractivity contribution in [3.63, 3.8) is 0 Å².